The van der Waals surface area contributed by atoms with Crippen LogP contribution in [0.15, 0.2) is 18.3 Å². The van der Waals surface area contributed by atoms with Crippen molar-refractivity contribution in [3.63, 3.8) is 0 Å². The zero-order chi connectivity index (χ0) is 17.0. The van der Waals surface area contributed by atoms with Crippen molar-refractivity contribution < 1.29 is 27.4 Å². The van der Waals surface area contributed by atoms with Crippen LogP contribution in [0.2, 0.25) is 0 Å². The molecule has 2 rings (SSSR count). The van der Waals surface area contributed by atoms with Crippen LogP contribution in [-0.2, 0) is 12.7 Å². The van der Waals surface area contributed by atoms with Gasteiger partial charge in [-0.15, -0.1) is 0 Å². The summed E-state index contributed by atoms with van der Waals surface area (Å²) < 4.78 is 53.3. The molecule has 0 aliphatic heterocycles. The number of hydrogen-bond donors (Lipinski definition) is 1. The SMILES string of the molecule is COc1cc(CNc2ncc(C(F)(F)F)s2)cc(OC)c1OC. The van der Waals surface area contributed by atoms with Crippen LogP contribution in [0.25, 0.3) is 0 Å². The summed E-state index contributed by atoms with van der Waals surface area (Å²) in [6, 6.07) is 3.43. The van der Waals surface area contributed by atoms with E-state index in [1.807, 2.05) is 0 Å². The van der Waals surface area contributed by atoms with Crippen LogP contribution in [-0.4, -0.2) is 26.3 Å². The normalized spacial score (nSPS) is 11.2. The van der Waals surface area contributed by atoms with Gasteiger partial charge in [0.25, 0.3) is 0 Å². The number of thiazole rings is 1. The molecular formula is C14H15F3N2O3S. The van der Waals surface area contributed by atoms with Gasteiger partial charge in [-0.05, 0) is 17.7 Å². The Balaban J connectivity index is 2.16. The third-order valence-corrected chi connectivity index (χ3v) is 3.95. The highest BCUT2D eigenvalue weighted by Gasteiger charge is 2.33. The van der Waals surface area contributed by atoms with E-state index in [0.717, 1.165) is 11.8 Å². The third-order valence-electron chi connectivity index (χ3n) is 2.95. The second kappa shape index (κ2) is 6.95. The van der Waals surface area contributed by atoms with Gasteiger partial charge in [-0.2, -0.15) is 13.2 Å². The lowest BCUT2D eigenvalue weighted by Crippen LogP contribution is -2.02. The number of halogens is 3. The number of methoxy groups -OCH3 is 3. The van der Waals surface area contributed by atoms with Crippen molar-refractivity contribution in [3.05, 3.63) is 28.8 Å². The summed E-state index contributed by atoms with van der Waals surface area (Å²) in [5, 5.41) is 3.04. The molecule has 0 saturated heterocycles. The summed E-state index contributed by atoms with van der Waals surface area (Å²) in [5.41, 5.74) is 0.753. The first-order valence-electron chi connectivity index (χ1n) is 6.44. The summed E-state index contributed by atoms with van der Waals surface area (Å²) in [6.07, 6.45) is -3.58. The number of benzene rings is 1. The number of ether oxygens (including phenoxy) is 3. The van der Waals surface area contributed by atoms with Gasteiger partial charge >= 0.3 is 6.18 Å². The smallest absolute Gasteiger partial charge is 0.427 e. The summed E-state index contributed by atoms with van der Waals surface area (Å²) in [5.74, 6) is 1.39. The van der Waals surface area contributed by atoms with E-state index in [0.29, 0.717) is 28.6 Å². The lowest BCUT2D eigenvalue weighted by Gasteiger charge is -2.14. The van der Waals surface area contributed by atoms with E-state index in [2.05, 4.69) is 10.3 Å². The molecule has 1 N–H and O–H groups in total. The van der Waals surface area contributed by atoms with E-state index in [9.17, 15) is 13.2 Å². The number of rotatable bonds is 6. The van der Waals surface area contributed by atoms with E-state index >= 15 is 0 Å². The van der Waals surface area contributed by atoms with Crippen LogP contribution in [0, 0.1) is 0 Å². The quantitative estimate of drug-likeness (QED) is 0.861. The molecule has 0 bridgehead atoms. The van der Waals surface area contributed by atoms with Gasteiger partial charge in [0.05, 0.1) is 27.5 Å². The molecule has 0 amide bonds. The number of anilines is 1. The fraction of sp³-hybridized carbons (Fsp3) is 0.357. The Morgan fingerprint density at radius 3 is 2.13 bits per heavy atom. The maximum absolute atomic E-state index is 12.5. The average molecular weight is 348 g/mol. The van der Waals surface area contributed by atoms with Crippen molar-refractivity contribution in [1.82, 2.24) is 4.98 Å². The lowest BCUT2D eigenvalue weighted by atomic mass is 10.2. The average Bonchev–Trinajstić information content (AvgIpc) is 3.00. The number of nitrogens with one attached hydrogen (secondary N) is 1. The van der Waals surface area contributed by atoms with Crippen molar-refractivity contribution in [2.45, 2.75) is 12.7 Å². The van der Waals surface area contributed by atoms with E-state index in [4.69, 9.17) is 14.2 Å². The molecule has 0 unspecified atom stereocenters. The fourth-order valence-corrected chi connectivity index (χ4v) is 2.58. The van der Waals surface area contributed by atoms with E-state index in [-0.39, 0.29) is 11.7 Å². The predicted octanol–water partition coefficient (Wildman–Crippen LogP) is 3.80. The summed E-state index contributed by atoms with van der Waals surface area (Å²) in [4.78, 5) is 2.97. The molecule has 1 aromatic carbocycles. The van der Waals surface area contributed by atoms with E-state index < -0.39 is 11.1 Å². The number of hydrogen-bond acceptors (Lipinski definition) is 6. The number of aromatic nitrogens is 1. The number of nitrogens with zero attached hydrogens (tertiary/aromatic N) is 1. The Hall–Kier alpha value is -2.16. The van der Waals surface area contributed by atoms with Gasteiger partial charge in [-0.25, -0.2) is 4.98 Å². The van der Waals surface area contributed by atoms with E-state index in [1.165, 1.54) is 21.3 Å². The predicted molar refractivity (Wildman–Crippen MR) is 80.5 cm³/mol. The van der Waals surface area contributed by atoms with Crippen LogP contribution in [0.3, 0.4) is 0 Å². The highest BCUT2D eigenvalue weighted by Crippen LogP contribution is 2.39. The van der Waals surface area contributed by atoms with Crippen LogP contribution < -0.4 is 19.5 Å². The van der Waals surface area contributed by atoms with Gasteiger partial charge in [0.1, 0.15) is 4.88 Å². The molecule has 0 radical (unpaired) electrons. The van der Waals surface area contributed by atoms with Crippen molar-refractivity contribution >= 4 is 16.5 Å². The summed E-state index contributed by atoms with van der Waals surface area (Å²) in [6.45, 7) is 0.265. The van der Waals surface area contributed by atoms with Crippen molar-refractivity contribution in [3.8, 4) is 17.2 Å². The van der Waals surface area contributed by atoms with Gasteiger partial charge in [-0.1, -0.05) is 11.3 Å². The summed E-state index contributed by atoms with van der Waals surface area (Å²) >= 11 is 0.552. The standard InChI is InChI=1S/C14H15F3N2O3S/c1-20-9-4-8(5-10(21-2)12(9)22-3)6-18-13-19-7-11(23-13)14(15,16)17/h4-5,7H,6H2,1-3H3,(H,18,19). The molecular weight excluding hydrogens is 333 g/mol. The largest absolute Gasteiger partial charge is 0.493 e. The molecule has 0 spiro atoms. The van der Waals surface area contributed by atoms with Crippen LogP contribution in [0.5, 0.6) is 17.2 Å². The molecule has 0 atom stereocenters. The molecule has 5 nitrogen and oxygen atoms in total. The van der Waals surface area contributed by atoms with Crippen LogP contribution in [0.4, 0.5) is 18.3 Å². The minimum Gasteiger partial charge on any atom is -0.493 e. The molecule has 1 aromatic heterocycles. The summed E-state index contributed by atoms with van der Waals surface area (Å²) in [7, 11) is 4.47. The number of alkyl halides is 3. The van der Waals surface area contributed by atoms with Crippen LogP contribution in [0.1, 0.15) is 10.4 Å². The van der Waals surface area contributed by atoms with Gasteiger partial charge in [-0.3, -0.25) is 0 Å². The first-order valence-corrected chi connectivity index (χ1v) is 7.26. The Kier molecular flexibility index (Phi) is 5.19. The molecule has 126 valence electrons. The van der Waals surface area contributed by atoms with Gasteiger partial charge in [0.2, 0.25) is 5.75 Å². The van der Waals surface area contributed by atoms with Gasteiger partial charge in [0.15, 0.2) is 16.6 Å². The zero-order valence-corrected chi connectivity index (χ0v) is 13.5. The maximum Gasteiger partial charge on any atom is 0.427 e. The molecule has 0 fully saturated rings. The van der Waals surface area contributed by atoms with Crippen LogP contribution >= 0.6 is 11.3 Å². The Morgan fingerprint density at radius 1 is 1.09 bits per heavy atom. The third kappa shape index (κ3) is 3.98. The monoisotopic (exact) mass is 348 g/mol. The lowest BCUT2D eigenvalue weighted by molar-refractivity contribution is -0.134. The first-order chi connectivity index (χ1) is 10.9. The second-order valence-electron chi connectivity index (χ2n) is 4.41. The Bertz CT molecular complexity index is 649. The maximum atomic E-state index is 12.5. The molecule has 0 aliphatic rings. The molecule has 0 aliphatic carbocycles. The van der Waals surface area contributed by atoms with Crippen molar-refractivity contribution in [2.75, 3.05) is 26.6 Å². The second-order valence-corrected chi connectivity index (χ2v) is 5.45. The van der Waals surface area contributed by atoms with Gasteiger partial charge < -0.3 is 19.5 Å². The van der Waals surface area contributed by atoms with Gasteiger partial charge in [0, 0.05) is 6.54 Å². The molecule has 2 aromatic rings. The molecule has 9 heteroatoms. The topological polar surface area (TPSA) is 52.6 Å². The minimum atomic E-state index is -4.38. The Labute approximate surface area is 135 Å². The highest BCUT2D eigenvalue weighted by molar-refractivity contribution is 7.15. The molecule has 1 heterocycles. The molecule has 0 saturated carbocycles. The van der Waals surface area contributed by atoms with E-state index in [1.54, 1.807) is 12.1 Å². The fourth-order valence-electron chi connectivity index (χ4n) is 1.90. The van der Waals surface area contributed by atoms with Crippen molar-refractivity contribution in [2.24, 2.45) is 0 Å². The minimum absolute atomic E-state index is 0.186. The zero-order valence-electron chi connectivity index (χ0n) is 12.7. The highest BCUT2D eigenvalue weighted by atomic mass is 32.1. The first kappa shape index (κ1) is 17.2. The Morgan fingerprint density at radius 2 is 1.70 bits per heavy atom. The molecule has 23 heavy (non-hydrogen) atoms. The van der Waals surface area contributed by atoms with Crippen molar-refractivity contribution in [1.29, 1.82) is 0 Å².